The van der Waals surface area contributed by atoms with Crippen LogP contribution in [-0.4, -0.2) is 41.1 Å². The average Bonchev–Trinajstić information content (AvgIpc) is 2.58. The molecule has 174 valence electrons. The predicted molar refractivity (Wildman–Crippen MR) is 110 cm³/mol. The van der Waals surface area contributed by atoms with Gasteiger partial charge < -0.3 is 16.4 Å². The maximum atomic E-state index is 14.3. The molecular formula is C22H40F4O3. The van der Waals surface area contributed by atoms with Crippen LogP contribution in [0.25, 0.3) is 0 Å². The lowest BCUT2D eigenvalue weighted by Gasteiger charge is -2.38. The molecule has 0 aromatic rings. The third-order valence-corrected chi connectivity index (χ3v) is 6.66. The van der Waals surface area contributed by atoms with E-state index >= 15 is 0 Å². The van der Waals surface area contributed by atoms with Crippen LogP contribution < -0.4 is 0 Å². The summed E-state index contributed by atoms with van der Waals surface area (Å²) in [4.78, 5) is 0. The van der Waals surface area contributed by atoms with E-state index in [9.17, 15) is 17.6 Å². The third-order valence-electron chi connectivity index (χ3n) is 6.66. The molecule has 0 heterocycles. The van der Waals surface area contributed by atoms with Crippen molar-refractivity contribution in [1.82, 2.24) is 0 Å². The second-order valence-corrected chi connectivity index (χ2v) is 8.64. The van der Waals surface area contributed by atoms with Gasteiger partial charge in [-0.15, -0.1) is 0 Å². The molecule has 3 saturated carbocycles. The van der Waals surface area contributed by atoms with Crippen LogP contribution in [-0.2, 0) is 0 Å². The number of hydrogen-bond donors (Lipinski definition) is 0. The van der Waals surface area contributed by atoms with E-state index in [1.165, 1.54) is 0 Å². The van der Waals surface area contributed by atoms with Gasteiger partial charge in [-0.25, -0.2) is 17.6 Å². The van der Waals surface area contributed by atoms with Crippen LogP contribution in [0.1, 0.15) is 72.1 Å². The van der Waals surface area contributed by atoms with E-state index in [1.807, 2.05) is 0 Å². The molecule has 5 unspecified atom stereocenters. The van der Waals surface area contributed by atoms with Crippen molar-refractivity contribution in [3.8, 4) is 11.8 Å². The Morgan fingerprint density at radius 2 is 1.14 bits per heavy atom. The molecule has 6 N–H and O–H groups in total. The minimum Gasteiger partial charge on any atom is -0.412 e. The van der Waals surface area contributed by atoms with Gasteiger partial charge in [0.2, 0.25) is 0 Å². The fourth-order valence-electron chi connectivity index (χ4n) is 5.04. The maximum absolute atomic E-state index is 14.3. The fraction of sp³-hybridized carbons (Fsp3) is 0.909. The minimum absolute atomic E-state index is 0. The largest absolute Gasteiger partial charge is 0.412 e. The third kappa shape index (κ3) is 7.73. The quantitative estimate of drug-likeness (QED) is 0.443. The molecule has 3 aliphatic carbocycles. The van der Waals surface area contributed by atoms with Crippen molar-refractivity contribution in [2.24, 2.45) is 29.6 Å². The predicted octanol–water partition coefficient (Wildman–Crippen LogP) is 4.16. The zero-order valence-electron chi connectivity index (χ0n) is 16.6. The molecule has 3 fully saturated rings. The van der Waals surface area contributed by atoms with Crippen LogP contribution in [0.4, 0.5) is 17.6 Å². The van der Waals surface area contributed by atoms with Gasteiger partial charge in [-0.2, -0.15) is 0 Å². The molecule has 0 amide bonds. The number of rotatable bonds is 1. The van der Waals surface area contributed by atoms with Gasteiger partial charge in [-0.05, 0) is 69.1 Å². The minimum atomic E-state index is -1.99. The first kappa shape index (κ1) is 30.4. The lowest BCUT2D eigenvalue weighted by molar-refractivity contribution is 0.0297. The summed E-state index contributed by atoms with van der Waals surface area (Å²) in [6.07, 6.45) is 0.681. The summed E-state index contributed by atoms with van der Waals surface area (Å²) in [5.74, 6) is 7.26. The molecule has 0 bridgehead atoms. The van der Waals surface area contributed by atoms with E-state index in [0.29, 0.717) is 18.3 Å². The summed E-state index contributed by atoms with van der Waals surface area (Å²) in [6.45, 7) is 2.13. The highest BCUT2D eigenvalue weighted by molar-refractivity contribution is 5.11. The summed E-state index contributed by atoms with van der Waals surface area (Å²) in [5, 5.41) is 0. The SMILES string of the molecule is C.CC1CCC(C2CCC(C#CC3CC(F)C(F)C(F)C3)CC2)C(F)C1.O.O.O. The van der Waals surface area contributed by atoms with Crippen molar-refractivity contribution >= 4 is 0 Å². The van der Waals surface area contributed by atoms with Crippen LogP contribution in [0.5, 0.6) is 0 Å². The maximum Gasteiger partial charge on any atom is 0.162 e. The Kier molecular flexibility index (Phi) is 14.1. The lowest BCUT2D eigenvalue weighted by atomic mass is 9.68. The molecule has 3 rings (SSSR count). The van der Waals surface area contributed by atoms with E-state index in [4.69, 9.17) is 0 Å². The molecule has 29 heavy (non-hydrogen) atoms. The molecule has 0 aliphatic heterocycles. The van der Waals surface area contributed by atoms with Crippen LogP contribution >= 0.6 is 0 Å². The molecule has 0 radical (unpaired) electrons. The van der Waals surface area contributed by atoms with E-state index in [2.05, 4.69) is 18.8 Å². The van der Waals surface area contributed by atoms with Crippen LogP contribution in [0, 0.1) is 41.4 Å². The summed E-state index contributed by atoms with van der Waals surface area (Å²) < 4.78 is 54.4. The summed E-state index contributed by atoms with van der Waals surface area (Å²) in [6, 6.07) is 0. The zero-order chi connectivity index (χ0) is 18.0. The Bertz CT molecular complexity index is 490. The smallest absolute Gasteiger partial charge is 0.162 e. The summed E-state index contributed by atoms with van der Waals surface area (Å²) in [5.41, 5.74) is 0. The normalized spacial score (nSPS) is 41.8. The number of hydrogen-bond acceptors (Lipinski definition) is 0. The van der Waals surface area contributed by atoms with E-state index in [1.54, 1.807) is 0 Å². The molecule has 3 nitrogen and oxygen atoms in total. The number of alkyl halides is 4. The van der Waals surface area contributed by atoms with Crippen molar-refractivity contribution in [3.05, 3.63) is 0 Å². The average molecular weight is 429 g/mol. The van der Waals surface area contributed by atoms with Crippen molar-refractivity contribution in [2.45, 2.75) is 96.8 Å². The van der Waals surface area contributed by atoms with Crippen molar-refractivity contribution in [3.63, 3.8) is 0 Å². The first-order chi connectivity index (χ1) is 11.9. The number of halogens is 4. The molecule has 7 heteroatoms. The van der Waals surface area contributed by atoms with Crippen molar-refractivity contribution < 1.29 is 34.0 Å². The Hall–Kier alpha value is -0.840. The van der Waals surface area contributed by atoms with E-state index in [-0.39, 0.29) is 54.5 Å². The lowest BCUT2D eigenvalue weighted by Crippen LogP contribution is -2.36. The topological polar surface area (TPSA) is 94.5 Å². The van der Waals surface area contributed by atoms with Gasteiger partial charge in [-0.3, -0.25) is 0 Å². The van der Waals surface area contributed by atoms with Gasteiger partial charge in [0.25, 0.3) is 0 Å². The fourth-order valence-corrected chi connectivity index (χ4v) is 5.04. The Labute approximate surface area is 172 Å². The van der Waals surface area contributed by atoms with Crippen molar-refractivity contribution in [1.29, 1.82) is 0 Å². The van der Waals surface area contributed by atoms with Gasteiger partial charge >= 0.3 is 0 Å². The highest BCUT2D eigenvalue weighted by Gasteiger charge is 2.38. The van der Waals surface area contributed by atoms with Gasteiger partial charge in [0.05, 0.1) is 0 Å². The zero-order valence-corrected chi connectivity index (χ0v) is 16.6. The highest BCUT2D eigenvalue weighted by Crippen LogP contribution is 2.42. The first-order valence-electron chi connectivity index (χ1n) is 10.0. The molecule has 0 aromatic heterocycles. The van der Waals surface area contributed by atoms with Gasteiger partial charge in [-0.1, -0.05) is 32.6 Å². The first-order valence-corrected chi connectivity index (χ1v) is 10.0. The molecular weight excluding hydrogens is 388 g/mol. The van der Waals surface area contributed by atoms with Crippen LogP contribution in [0.3, 0.4) is 0 Å². The monoisotopic (exact) mass is 428 g/mol. The Balaban J connectivity index is 0. The van der Waals surface area contributed by atoms with Crippen LogP contribution in [0.2, 0.25) is 0 Å². The van der Waals surface area contributed by atoms with Crippen LogP contribution in [0.15, 0.2) is 0 Å². The molecule has 0 spiro atoms. The molecule has 3 aliphatic rings. The summed E-state index contributed by atoms with van der Waals surface area (Å²) in [7, 11) is 0. The van der Waals surface area contributed by atoms with Crippen molar-refractivity contribution in [2.75, 3.05) is 0 Å². The second-order valence-electron chi connectivity index (χ2n) is 8.64. The second kappa shape index (κ2) is 13.5. The van der Waals surface area contributed by atoms with Gasteiger partial charge in [0.15, 0.2) is 6.17 Å². The highest BCUT2D eigenvalue weighted by atomic mass is 19.2. The van der Waals surface area contributed by atoms with Gasteiger partial charge in [0.1, 0.15) is 18.5 Å². The molecule has 0 saturated heterocycles. The Morgan fingerprint density at radius 1 is 0.621 bits per heavy atom. The van der Waals surface area contributed by atoms with E-state index in [0.717, 1.165) is 38.5 Å². The summed E-state index contributed by atoms with van der Waals surface area (Å²) >= 11 is 0. The van der Waals surface area contributed by atoms with E-state index < -0.39 is 24.7 Å². The van der Waals surface area contributed by atoms with Gasteiger partial charge in [0, 0.05) is 11.8 Å². The standard InChI is InChI=1S/C21H30F4.CH4.3H2O/c1-13-2-9-17(18(22)10-13)16-7-5-14(6-8-16)3-4-15-11-19(23)21(25)20(24)12-15;;;;/h13-21H,2,5-12H2,1H3;1H4;3*1H2. The molecule has 5 atom stereocenters. The Morgan fingerprint density at radius 3 is 1.66 bits per heavy atom. The molecule has 0 aromatic carbocycles.